The van der Waals surface area contributed by atoms with Crippen LogP contribution in [-0.4, -0.2) is 52.4 Å². The Labute approximate surface area is 114 Å². The Morgan fingerprint density at radius 1 is 1.25 bits per heavy atom. The van der Waals surface area contributed by atoms with Crippen LogP contribution in [0.2, 0.25) is 0 Å². The zero-order valence-corrected chi connectivity index (χ0v) is 10.5. The molecule has 0 rings (SSSR count). The minimum Gasteiger partial charge on any atom is -1.00 e. The largest absolute Gasteiger partial charge is 2.00 e. The van der Waals surface area contributed by atoms with Gasteiger partial charge in [0.05, 0.1) is 0 Å². The van der Waals surface area contributed by atoms with Gasteiger partial charge < -0.3 is 19.0 Å². The average Bonchev–Trinajstić information content (AvgIpc) is 0.722. The van der Waals surface area contributed by atoms with Gasteiger partial charge in [0.15, 0.2) is 0 Å². The summed E-state index contributed by atoms with van der Waals surface area (Å²) in [6.07, 6.45) is 0. The van der Waals surface area contributed by atoms with Crippen molar-refractivity contribution in [1.29, 1.82) is 0 Å². The normalized spacial score (nSPS) is 7.38. The van der Waals surface area contributed by atoms with Crippen LogP contribution < -0.4 is 29.6 Å². The van der Waals surface area contributed by atoms with Crippen LogP contribution in [0.3, 0.4) is 0 Å². The van der Waals surface area contributed by atoms with E-state index in [4.69, 9.17) is 19.2 Å². The van der Waals surface area contributed by atoms with E-state index in [0.29, 0.717) is 0 Å². The Hall–Kier alpha value is 2.89. The van der Waals surface area contributed by atoms with Crippen molar-refractivity contribution < 1.29 is 70.2 Å². The summed E-state index contributed by atoms with van der Waals surface area (Å²) < 4.78 is 8.88. The second kappa shape index (κ2) is 9.89. The Morgan fingerprint density at radius 3 is 1.25 bits per heavy atom. The third kappa shape index (κ3) is 66.3. The average molecular weight is 220 g/mol. The Bertz CT molecular complexity index is 71.5. The van der Waals surface area contributed by atoms with E-state index in [2.05, 4.69) is 0 Å². The van der Waals surface area contributed by atoms with E-state index in [0.717, 1.165) is 0 Å². The molecule has 0 aromatic carbocycles. The van der Waals surface area contributed by atoms with E-state index in [1.54, 1.807) is 0 Å². The van der Waals surface area contributed by atoms with Gasteiger partial charge in [-0.15, -0.1) is 0 Å². The first-order valence-electron chi connectivity index (χ1n) is 0.783. The van der Waals surface area contributed by atoms with E-state index in [-0.39, 0.29) is 88.6 Å². The molecule has 0 heterocycles. The maximum absolute atomic E-state index is 8.88. The standard InChI is InChI=1S/Ca.Fe.Na.H3O4P.3H/c;;;1-5(2,3)4;;;/h;;;(H3,1,2,3,4);;;/q+2;;+1;;3*-1. The van der Waals surface area contributed by atoms with Crippen LogP contribution in [0.25, 0.3) is 0 Å². The second-order valence-corrected chi connectivity index (χ2v) is 1.54. The van der Waals surface area contributed by atoms with Gasteiger partial charge in [0.25, 0.3) is 0 Å². The van der Waals surface area contributed by atoms with Crippen molar-refractivity contribution in [2.75, 3.05) is 0 Å². The molecule has 0 atom stereocenters. The quantitative estimate of drug-likeness (QED) is 0.287. The number of hydrogen-bond acceptors (Lipinski definition) is 1. The van der Waals surface area contributed by atoms with Crippen molar-refractivity contribution >= 4 is 45.6 Å². The first-order valence-corrected chi connectivity index (χ1v) is 2.35. The van der Waals surface area contributed by atoms with Crippen LogP contribution in [0.1, 0.15) is 4.28 Å². The molecule has 0 aliphatic heterocycles. The summed E-state index contributed by atoms with van der Waals surface area (Å²) in [6, 6.07) is 0. The zero-order chi connectivity index (χ0) is 4.50. The molecular formula is H6CaFeNaO4P. The number of hydrogen-bond donors (Lipinski definition) is 3. The third-order valence-corrected chi connectivity index (χ3v) is 0. The van der Waals surface area contributed by atoms with Gasteiger partial charge >= 0.3 is 75.1 Å². The number of phosphoric acid groups is 1. The van der Waals surface area contributed by atoms with Gasteiger partial charge in [0.1, 0.15) is 0 Å². The smallest absolute Gasteiger partial charge is 1.00 e. The summed E-state index contributed by atoms with van der Waals surface area (Å²) in [5, 5.41) is 0. The van der Waals surface area contributed by atoms with Crippen molar-refractivity contribution in [1.82, 2.24) is 0 Å². The summed E-state index contributed by atoms with van der Waals surface area (Å²) in [5.74, 6) is 0. The van der Waals surface area contributed by atoms with E-state index >= 15 is 0 Å². The van der Waals surface area contributed by atoms with Crippen LogP contribution in [0.5, 0.6) is 0 Å². The first kappa shape index (κ1) is 22.4. The van der Waals surface area contributed by atoms with E-state index in [1.165, 1.54) is 0 Å². The zero-order valence-electron chi connectivity index (χ0n) is 7.26. The molecule has 4 nitrogen and oxygen atoms in total. The minimum atomic E-state index is -4.64. The molecule has 0 saturated heterocycles. The molecule has 0 radical (unpaired) electrons. The third-order valence-electron chi connectivity index (χ3n) is 0. The second-order valence-electron chi connectivity index (χ2n) is 0.513. The molecule has 3 N–H and O–H groups in total. The first-order chi connectivity index (χ1) is 2.00. The molecule has 0 aliphatic rings. The number of rotatable bonds is 0. The van der Waals surface area contributed by atoms with Gasteiger partial charge in [-0.3, -0.25) is 0 Å². The minimum absolute atomic E-state index is 0. The summed E-state index contributed by atoms with van der Waals surface area (Å²) in [5.41, 5.74) is 0. The van der Waals surface area contributed by atoms with Crippen LogP contribution in [-0.2, 0) is 21.6 Å². The summed E-state index contributed by atoms with van der Waals surface area (Å²) in [6.45, 7) is 0. The molecule has 46 valence electrons. The molecule has 0 aliphatic carbocycles. The predicted molar refractivity (Wildman–Crippen MR) is 23.4 cm³/mol. The molecule has 0 aromatic heterocycles. The molecule has 0 fully saturated rings. The van der Waals surface area contributed by atoms with Gasteiger partial charge in [-0.25, -0.2) is 4.57 Å². The maximum Gasteiger partial charge on any atom is 2.00 e. The van der Waals surface area contributed by atoms with Crippen LogP contribution in [0.15, 0.2) is 0 Å². The molecule has 0 bridgehead atoms. The molecule has 0 amide bonds. The van der Waals surface area contributed by atoms with E-state index < -0.39 is 7.82 Å². The molecule has 0 aromatic rings. The molecule has 0 saturated carbocycles. The van der Waals surface area contributed by atoms with Crippen molar-refractivity contribution in [3.05, 3.63) is 0 Å². The molecule has 0 spiro atoms. The monoisotopic (exact) mass is 220 g/mol. The van der Waals surface area contributed by atoms with Gasteiger partial charge in [-0.2, -0.15) is 0 Å². The van der Waals surface area contributed by atoms with E-state index in [9.17, 15) is 0 Å². The van der Waals surface area contributed by atoms with E-state index in [1.807, 2.05) is 0 Å². The van der Waals surface area contributed by atoms with Gasteiger partial charge in [-0.1, -0.05) is 0 Å². The molecule has 0 unspecified atom stereocenters. The summed E-state index contributed by atoms with van der Waals surface area (Å²) in [4.78, 5) is 21.6. The Morgan fingerprint density at radius 2 is 1.25 bits per heavy atom. The fraction of sp³-hybridized carbons (Fsp3) is 0. The SMILES string of the molecule is O=P(O)(O)O.[Ca+2].[Fe].[H-].[H-].[H-].[Na+]. The molecule has 8 heteroatoms. The Balaban J connectivity index is -0.00000000533. The fourth-order valence-electron chi connectivity index (χ4n) is 0. The summed E-state index contributed by atoms with van der Waals surface area (Å²) in [7, 11) is -4.64. The van der Waals surface area contributed by atoms with Crippen LogP contribution in [0, 0.1) is 0 Å². The predicted octanol–water partition coefficient (Wildman–Crippen LogP) is -3.97. The van der Waals surface area contributed by atoms with Crippen molar-refractivity contribution in [2.24, 2.45) is 0 Å². The topological polar surface area (TPSA) is 77.8 Å². The van der Waals surface area contributed by atoms with Crippen molar-refractivity contribution in [3.63, 3.8) is 0 Å². The van der Waals surface area contributed by atoms with Crippen LogP contribution in [0.4, 0.5) is 0 Å². The van der Waals surface area contributed by atoms with Crippen molar-refractivity contribution in [2.45, 2.75) is 0 Å². The van der Waals surface area contributed by atoms with Gasteiger partial charge in [0, 0.05) is 17.1 Å². The summed E-state index contributed by atoms with van der Waals surface area (Å²) >= 11 is 0. The molecular weight excluding hydrogens is 214 g/mol. The van der Waals surface area contributed by atoms with Crippen LogP contribution >= 0.6 is 7.82 Å². The molecule has 8 heavy (non-hydrogen) atoms. The van der Waals surface area contributed by atoms with Gasteiger partial charge in [-0.05, 0) is 0 Å². The maximum atomic E-state index is 8.88. The van der Waals surface area contributed by atoms with Gasteiger partial charge in [0.2, 0.25) is 0 Å². The Kier molecular flexibility index (Phi) is 27.7. The fourth-order valence-corrected chi connectivity index (χ4v) is 0. The van der Waals surface area contributed by atoms with Crippen molar-refractivity contribution in [3.8, 4) is 0 Å².